The number of allylic oxidation sites excluding steroid dienone is 1. The average molecular weight is 445 g/mol. The van der Waals surface area contributed by atoms with Gasteiger partial charge >= 0.3 is 6.18 Å². The number of ether oxygens (including phenoxy) is 1. The molecule has 3 saturated carbocycles. The Balaban J connectivity index is 1.57. The molecule has 2 N–H and O–H groups in total. The molecule has 0 aliphatic heterocycles. The van der Waals surface area contributed by atoms with Crippen molar-refractivity contribution in [3.05, 3.63) is 11.6 Å². The van der Waals surface area contributed by atoms with E-state index < -0.39 is 23.8 Å². The summed E-state index contributed by atoms with van der Waals surface area (Å²) in [7, 11) is 1.63. The van der Waals surface area contributed by atoms with Gasteiger partial charge in [0.05, 0.1) is 12.2 Å². The van der Waals surface area contributed by atoms with Crippen molar-refractivity contribution >= 4 is 0 Å². The number of halogens is 3. The quantitative estimate of drug-likeness (QED) is 0.563. The highest BCUT2D eigenvalue weighted by Gasteiger charge is 2.61. The number of rotatable bonds is 4. The smallest absolute Gasteiger partial charge is 0.387 e. The highest BCUT2D eigenvalue weighted by molar-refractivity contribution is 5.27. The first-order valence-electron chi connectivity index (χ1n) is 12.0. The first kappa shape index (κ1) is 23.6. The Morgan fingerprint density at radius 2 is 1.84 bits per heavy atom. The highest BCUT2D eigenvalue weighted by atomic mass is 19.4. The summed E-state index contributed by atoms with van der Waals surface area (Å²) >= 11 is 0. The molecule has 0 amide bonds. The molecular formula is C25H39F3O3. The molecule has 0 aromatic rings. The third-order valence-electron chi connectivity index (χ3n) is 10.2. The number of hydrogen-bond acceptors (Lipinski definition) is 3. The van der Waals surface area contributed by atoms with Crippen molar-refractivity contribution in [1.82, 2.24) is 0 Å². The lowest BCUT2D eigenvalue weighted by Gasteiger charge is -2.59. The summed E-state index contributed by atoms with van der Waals surface area (Å²) in [6.45, 7) is 6.51. The minimum atomic E-state index is -4.55. The molecule has 0 heterocycles. The monoisotopic (exact) mass is 444 g/mol. The Morgan fingerprint density at radius 1 is 1.13 bits per heavy atom. The zero-order chi connectivity index (χ0) is 22.8. The van der Waals surface area contributed by atoms with Gasteiger partial charge in [-0.05, 0) is 91.8 Å². The Bertz CT molecular complexity index is 721. The van der Waals surface area contributed by atoms with E-state index in [2.05, 4.69) is 19.9 Å². The predicted molar refractivity (Wildman–Crippen MR) is 113 cm³/mol. The molecule has 178 valence electrons. The van der Waals surface area contributed by atoms with Crippen molar-refractivity contribution in [3.63, 3.8) is 0 Å². The van der Waals surface area contributed by atoms with E-state index in [4.69, 9.17) is 4.74 Å². The fourth-order valence-corrected chi connectivity index (χ4v) is 8.53. The number of alkyl halides is 3. The number of aliphatic hydroxyl groups is 2. The molecule has 3 fully saturated rings. The van der Waals surface area contributed by atoms with E-state index in [0.717, 1.165) is 44.9 Å². The van der Waals surface area contributed by atoms with Gasteiger partial charge in [0.2, 0.25) is 0 Å². The number of fused-ring (bicyclic) bond motifs is 5. The molecular weight excluding hydrogens is 405 g/mol. The van der Waals surface area contributed by atoms with Crippen LogP contribution in [-0.2, 0) is 4.74 Å². The van der Waals surface area contributed by atoms with Crippen LogP contribution in [0.3, 0.4) is 0 Å². The summed E-state index contributed by atoms with van der Waals surface area (Å²) in [6.07, 6.45) is 2.55. The second-order valence-corrected chi connectivity index (χ2v) is 11.7. The van der Waals surface area contributed by atoms with Crippen LogP contribution in [-0.4, -0.2) is 41.8 Å². The Labute approximate surface area is 184 Å². The standard InChI is InChI=1S/C25H39F3O3/c1-15(21(29)25(26,27)28)18-7-8-19-17-6-5-16-13-24(30,14-31-4)12-11-22(16,2)20(17)9-10-23(18,19)3/h5,15,17-21,29-30H,6-14H2,1-4H3/t15-,17-,18+,19-,20?,21-,22-,23+,24-/m0/s1. The van der Waals surface area contributed by atoms with Crippen molar-refractivity contribution < 1.29 is 28.1 Å². The van der Waals surface area contributed by atoms with E-state index >= 15 is 0 Å². The largest absolute Gasteiger partial charge is 0.414 e. The minimum Gasteiger partial charge on any atom is -0.387 e. The molecule has 0 aromatic carbocycles. The number of aliphatic hydroxyl groups excluding tert-OH is 1. The summed E-state index contributed by atoms with van der Waals surface area (Å²) in [5.41, 5.74) is 0.510. The van der Waals surface area contributed by atoms with Gasteiger partial charge in [0.15, 0.2) is 6.10 Å². The molecule has 4 aliphatic carbocycles. The highest BCUT2D eigenvalue weighted by Crippen LogP contribution is 2.68. The van der Waals surface area contributed by atoms with Gasteiger partial charge in [-0.15, -0.1) is 0 Å². The molecule has 4 rings (SSSR count). The van der Waals surface area contributed by atoms with E-state index in [-0.39, 0.29) is 16.7 Å². The molecule has 9 atom stereocenters. The number of methoxy groups -OCH3 is 1. The van der Waals surface area contributed by atoms with Gasteiger partial charge in [-0.25, -0.2) is 0 Å². The maximum Gasteiger partial charge on any atom is 0.414 e. The van der Waals surface area contributed by atoms with Crippen molar-refractivity contribution in [2.24, 2.45) is 40.4 Å². The van der Waals surface area contributed by atoms with Crippen LogP contribution < -0.4 is 0 Å². The first-order chi connectivity index (χ1) is 14.4. The van der Waals surface area contributed by atoms with Gasteiger partial charge < -0.3 is 14.9 Å². The molecule has 0 aromatic heterocycles. The Hall–Kier alpha value is -0.590. The van der Waals surface area contributed by atoms with Gasteiger partial charge in [0.1, 0.15) is 0 Å². The second-order valence-electron chi connectivity index (χ2n) is 11.7. The van der Waals surface area contributed by atoms with E-state index in [9.17, 15) is 23.4 Å². The van der Waals surface area contributed by atoms with Crippen LogP contribution in [0.5, 0.6) is 0 Å². The first-order valence-corrected chi connectivity index (χ1v) is 12.0. The van der Waals surface area contributed by atoms with Gasteiger partial charge in [-0.3, -0.25) is 0 Å². The van der Waals surface area contributed by atoms with Gasteiger partial charge in [0.25, 0.3) is 0 Å². The van der Waals surface area contributed by atoms with Crippen LogP contribution in [0, 0.1) is 40.4 Å². The van der Waals surface area contributed by atoms with Gasteiger partial charge in [-0.2, -0.15) is 13.2 Å². The molecule has 3 nitrogen and oxygen atoms in total. The lowest BCUT2D eigenvalue weighted by molar-refractivity contribution is -0.227. The van der Waals surface area contributed by atoms with Crippen molar-refractivity contribution in [3.8, 4) is 0 Å². The maximum absolute atomic E-state index is 13.2. The third-order valence-corrected chi connectivity index (χ3v) is 10.2. The topological polar surface area (TPSA) is 49.7 Å². The van der Waals surface area contributed by atoms with Crippen LogP contribution in [0.1, 0.15) is 72.1 Å². The average Bonchev–Trinajstić information content (AvgIpc) is 3.04. The Morgan fingerprint density at radius 3 is 2.48 bits per heavy atom. The maximum atomic E-state index is 13.2. The van der Waals surface area contributed by atoms with Crippen LogP contribution in [0.15, 0.2) is 11.6 Å². The zero-order valence-corrected chi connectivity index (χ0v) is 19.3. The fraction of sp³-hybridized carbons (Fsp3) is 0.920. The lowest BCUT2D eigenvalue weighted by atomic mass is 9.46. The van der Waals surface area contributed by atoms with Crippen molar-refractivity contribution in [1.29, 1.82) is 0 Å². The molecule has 6 heteroatoms. The van der Waals surface area contributed by atoms with E-state index in [1.807, 2.05) is 0 Å². The van der Waals surface area contributed by atoms with Gasteiger partial charge in [-0.1, -0.05) is 32.4 Å². The Kier molecular flexibility index (Phi) is 5.88. The molecule has 0 radical (unpaired) electrons. The van der Waals surface area contributed by atoms with Crippen molar-refractivity contribution in [2.45, 2.75) is 90.0 Å². The molecule has 0 saturated heterocycles. The fourth-order valence-electron chi connectivity index (χ4n) is 8.53. The van der Waals surface area contributed by atoms with Crippen LogP contribution in [0.25, 0.3) is 0 Å². The zero-order valence-electron chi connectivity index (χ0n) is 19.3. The van der Waals surface area contributed by atoms with Crippen LogP contribution >= 0.6 is 0 Å². The van der Waals surface area contributed by atoms with E-state index in [0.29, 0.717) is 30.8 Å². The van der Waals surface area contributed by atoms with Crippen molar-refractivity contribution in [2.75, 3.05) is 13.7 Å². The molecule has 0 spiro atoms. The summed E-state index contributed by atoms with van der Waals surface area (Å²) in [5, 5.41) is 20.9. The number of hydrogen-bond donors (Lipinski definition) is 2. The summed E-state index contributed by atoms with van der Waals surface area (Å²) in [4.78, 5) is 0. The summed E-state index contributed by atoms with van der Waals surface area (Å²) in [6, 6.07) is 0. The van der Waals surface area contributed by atoms with Gasteiger partial charge in [0, 0.05) is 7.11 Å². The van der Waals surface area contributed by atoms with Crippen LogP contribution in [0.2, 0.25) is 0 Å². The van der Waals surface area contributed by atoms with E-state index in [1.165, 1.54) is 5.57 Å². The summed E-state index contributed by atoms with van der Waals surface area (Å²) < 4.78 is 45.0. The summed E-state index contributed by atoms with van der Waals surface area (Å²) in [5.74, 6) is 0.566. The lowest BCUT2D eigenvalue weighted by Crippen LogP contribution is -2.53. The molecule has 31 heavy (non-hydrogen) atoms. The van der Waals surface area contributed by atoms with Crippen LogP contribution in [0.4, 0.5) is 13.2 Å². The van der Waals surface area contributed by atoms with E-state index in [1.54, 1.807) is 14.0 Å². The molecule has 0 bridgehead atoms. The predicted octanol–water partition coefficient (Wildman–Crippen LogP) is 5.50. The second kappa shape index (κ2) is 7.73. The molecule has 4 aliphatic rings. The normalized spacial score (nSPS) is 47.1. The minimum absolute atomic E-state index is 0.0689. The third kappa shape index (κ3) is 3.69. The SMILES string of the molecule is COC[C@]1(O)CC[C@@]2(C)C(=CC[C@@H]3C2CC[C@]2(C)[C@@H]([C@H](C)[C@H](O)C(F)(F)F)CC[C@@H]32)C1. The molecule has 1 unspecified atom stereocenters.